The fourth-order valence-electron chi connectivity index (χ4n) is 0.547. The van der Waals surface area contributed by atoms with Crippen LogP contribution in [0.15, 0.2) is 0 Å². The number of esters is 1. The third-order valence-corrected chi connectivity index (χ3v) is 13.3. The maximum absolute atomic E-state index is 10.8. The van der Waals surface area contributed by atoms with Crippen LogP contribution in [0.1, 0.15) is 6.42 Å². The van der Waals surface area contributed by atoms with Crippen molar-refractivity contribution in [3.8, 4) is 0 Å². The molecule has 0 amide bonds. The molecule has 0 heterocycles. The Labute approximate surface area is 78.0 Å². The molecule has 0 aromatic heterocycles. The van der Waals surface area contributed by atoms with E-state index in [2.05, 4.69) is 32.2 Å². The molecule has 0 aromatic carbocycles. The van der Waals surface area contributed by atoms with E-state index in [0.29, 0.717) is 6.42 Å². The zero-order valence-electron chi connectivity index (χ0n) is 7.55. The van der Waals surface area contributed by atoms with Gasteiger partial charge in [-0.05, 0) is 0 Å². The minimum absolute atomic E-state index is 0.142. The fraction of sp³-hybridized carbons (Fsp3) is 0.857. The molecule has 1 unspecified atom stereocenters. The van der Waals surface area contributed by atoms with Gasteiger partial charge in [-0.2, -0.15) is 0 Å². The van der Waals surface area contributed by atoms with Crippen LogP contribution in [0.25, 0.3) is 0 Å². The summed E-state index contributed by atoms with van der Waals surface area (Å²) >= 11 is 2.44. The molecule has 0 spiro atoms. The maximum atomic E-state index is 10.8. The summed E-state index contributed by atoms with van der Waals surface area (Å²) < 4.78 is 4.84. The van der Waals surface area contributed by atoms with Crippen molar-refractivity contribution in [3.05, 3.63) is 0 Å². The van der Waals surface area contributed by atoms with Crippen molar-refractivity contribution in [3.63, 3.8) is 0 Å². The predicted molar refractivity (Wildman–Crippen MR) is 52.8 cm³/mol. The summed E-state index contributed by atoms with van der Waals surface area (Å²) in [6, 6.07) is 0. The molecular weight excluding hydrogens is 267 g/mol. The van der Waals surface area contributed by atoms with Crippen molar-refractivity contribution in [1.29, 1.82) is 0 Å². The number of ether oxygens (including phenoxy) is 1. The molecule has 0 aromatic rings. The Balaban J connectivity index is 3.87. The number of hydrogen-bond donors (Lipinski definition) is 1. The van der Waals surface area contributed by atoms with E-state index in [0.717, 1.165) is 0 Å². The topological polar surface area (TPSA) is 26.3 Å². The molecule has 0 aliphatic carbocycles. The van der Waals surface area contributed by atoms with Gasteiger partial charge in [-0.15, -0.1) is 0 Å². The van der Waals surface area contributed by atoms with Crippen LogP contribution in [0.4, 0.5) is 0 Å². The second-order valence-corrected chi connectivity index (χ2v) is 21.2. The van der Waals surface area contributed by atoms with Crippen LogP contribution in [-0.2, 0) is 9.53 Å². The molecule has 1 atom stereocenters. The van der Waals surface area contributed by atoms with E-state index in [1.807, 2.05) is 0 Å². The van der Waals surface area contributed by atoms with Crippen LogP contribution in [0, 0.1) is 0 Å². The zero-order chi connectivity index (χ0) is 9.07. The Morgan fingerprint density at radius 1 is 1.55 bits per heavy atom. The van der Waals surface area contributed by atoms with Crippen molar-refractivity contribution in [1.82, 2.24) is 0 Å². The molecule has 4 heteroatoms. The minimum atomic E-state index is -1.96. The van der Waals surface area contributed by atoms with Crippen LogP contribution in [0.3, 0.4) is 0 Å². The number of rotatable bonds is 3. The first-order chi connectivity index (χ1) is 4.88. The summed E-state index contributed by atoms with van der Waals surface area (Å²) in [5.41, 5.74) is 0. The van der Waals surface area contributed by atoms with Gasteiger partial charge in [-0.1, -0.05) is 0 Å². The Bertz CT molecular complexity index is 142. The van der Waals surface area contributed by atoms with Gasteiger partial charge in [-0.3, -0.25) is 0 Å². The van der Waals surface area contributed by atoms with Crippen molar-refractivity contribution >= 4 is 37.0 Å². The zero-order valence-corrected chi connectivity index (χ0v) is 11.3. The molecule has 0 saturated carbocycles. The standard InChI is InChI=1S/C4H7O2S.3CH3.Sn/c1-6-4(5)2-3-7;;;;/h3,7H,2H2,1H3;3*1H3;. The number of methoxy groups -OCH3 is 1. The second-order valence-electron chi connectivity index (χ2n) is 3.66. The Morgan fingerprint density at radius 2 is 2.00 bits per heavy atom. The molecular formula is C7H16O2SSn. The molecule has 0 bridgehead atoms. The Kier molecular flexibility index (Phi) is 4.86. The van der Waals surface area contributed by atoms with Gasteiger partial charge >= 0.3 is 78.1 Å². The molecule has 66 valence electrons. The number of hydrogen-bond acceptors (Lipinski definition) is 3. The molecule has 0 radical (unpaired) electrons. The normalized spacial score (nSPS) is 14.3. The average molecular weight is 283 g/mol. The summed E-state index contributed by atoms with van der Waals surface area (Å²) in [5.74, 6) is -0.142. The summed E-state index contributed by atoms with van der Waals surface area (Å²) in [6.07, 6.45) is 0.471. The van der Waals surface area contributed by atoms with Gasteiger partial charge in [0.25, 0.3) is 0 Å². The Hall–Kier alpha value is 0.619. The van der Waals surface area contributed by atoms with Gasteiger partial charge in [-0.25, -0.2) is 0 Å². The molecule has 0 rings (SSSR count). The van der Waals surface area contributed by atoms with Crippen molar-refractivity contribution < 1.29 is 9.53 Å². The predicted octanol–water partition coefficient (Wildman–Crippen LogP) is 1.73. The van der Waals surface area contributed by atoms with Crippen LogP contribution in [-0.4, -0.2) is 34.7 Å². The molecule has 0 fully saturated rings. The van der Waals surface area contributed by atoms with Gasteiger partial charge in [0.2, 0.25) is 0 Å². The van der Waals surface area contributed by atoms with E-state index in [1.165, 1.54) is 7.11 Å². The van der Waals surface area contributed by atoms with Crippen molar-refractivity contribution in [2.45, 2.75) is 24.5 Å². The van der Waals surface area contributed by atoms with Crippen LogP contribution in [0.5, 0.6) is 0 Å². The van der Waals surface area contributed by atoms with Gasteiger partial charge in [0.1, 0.15) is 0 Å². The van der Waals surface area contributed by atoms with E-state index in [-0.39, 0.29) is 9.24 Å². The van der Waals surface area contributed by atoms with Crippen molar-refractivity contribution in [2.75, 3.05) is 7.11 Å². The number of carbonyl (C=O) groups excluding carboxylic acids is 1. The second kappa shape index (κ2) is 4.60. The van der Waals surface area contributed by atoms with Gasteiger partial charge in [0, 0.05) is 0 Å². The molecule has 2 nitrogen and oxygen atoms in total. The fourth-order valence-corrected chi connectivity index (χ4v) is 2.92. The van der Waals surface area contributed by atoms with Gasteiger partial charge in [0.15, 0.2) is 0 Å². The average Bonchev–Trinajstić information content (AvgIpc) is 1.85. The molecule has 0 aliphatic rings. The molecule has 0 N–H and O–H groups in total. The van der Waals surface area contributed by atoms with Crippen molar-refractivity contribution in [2.24, 2.45) is 0 Å². The molecule has 0 aliphatic heterocycles. The first-order valence-corrected chi connectivity index (χ1v) is 14.4. The third kappa shape index (κ3) is 4.95. The van der Waals surface area contributed by atoms with Crippen LogP contribution < -0.4 is 0 Å². The van der Waals surface area contributed by atoms with E-state index >= 15 is 0 Å². The van der Waals surface area contributed by atoms with E-state index in [4.69, 9.17) is 0 Å². The first-order valence-electron chi connectivity index (χ1n) is 3.63. The summed E-state index contributed by atoms with van der Waals surface area (Å²) in [4.78, 5) is 17.6. The van der Waals surface area contributed by atoms with E-state index in [9.17, 15) is 4.79 Å². The SMILES string of the molecule is COC(=O)C[CH](S)[Sn]([CH3])([CH3])[CH3]. The Morgan fingerprint density at radius 3 is 2.27 bits per heavy atom. The van der Waals surface area contributed by atoms with Crippen LogP contribution in [0.2, 0.25) is 14.8 Å². The van der Waals surface area contributed by atoms with Gasteiger partial charge < -0.3 is 0 Å². The number of thiol groups is 1. The third-order valence-electron chi connectivity index (χ3n) is 1.59. The summed E-state index contributed by atoms with van der Waals surface area (Å²) in [6.45, 7) is 0. The molecule has 0 saturated heterocycles. The number of carbonyl (C=O) groups is 1. The van der Waals surface area contributed by atoms with E-state index in [1.54, 1.807) is 0 Å². The first kappa shape index (κ1) is 11.6. The quantitative estimate of drug-likeness (QED) is 0.485. The molecule has 11 heavy (non-hydrogen) atoms. The monoisotopic (exact) mass is 284 g/mol. The van der Waals surface area contributed by atoms with Gasteiger partial charge in [0.05, 0.1) is 0 Å². The summed E-state index contributed by atoms with van der Waals surface area (Å²) in [7, 11) is 1.42. The van der Waals surface area contributed by atoms with Crippen LogP contribution >= 0.6 is 12.6 Å². The summed E-state index contributed by atoms with van der Waals surface area (Å²) in [5, 5.41) is 0. The van der Waals surface area contributed by atoms with E-state index < -0.39 is 18.4 Å².